The van der Waals surface area contributed by atoms with Crippen LogP contribution in [0.15, 0.2) is 147 Å². The lowest BCUT2D eigenvalue weighted by Crippen LogP contribution is -2.66. The van der Waals surface area contributed by atoms with Gasteiger partial charge in [-0.1, -0.05) is 154 Å². The fourth-order valence-electron chi connectivity index (χ4n) is 5.34. The highest BCUT2D eigenvalue weighted by molar-refractivity contribution is 7.97. The van der Waals surface area contributed by atoms with Crippen molar-refractivity contribution in [3.63, 3.8) is 0 Å². The van der Waals surface area contributed by atoms with Gasteiger partial charge in [0.1, 0.15) is 11.5 Å². The lowest BCUT2D eigenvalue weighted by molar-refractivity contribution is 0.102. The molecule has 0 radical (unpaired) electrons. The molecule has 0 saturated carbocycles. The average molecular weight is 533 g/mol. The molecule has 0 saturated heterocycles. The van der Waals surface area contributed by atoms with Crippen LogP contribution in [0.2, 0.25) is 6.32 Å². The fourth-order valence-corrected chi connectivity index (χ4v) is 6.92. The Balaban J connectivity index is 0.000000231. The number of rotatable bonds is 13. The van der Waals surface area contributed by atoms with E-state index in [0.717, 1.165) is 17.1 Å². The monoisotopic (exact) mass is 532 g/mol. The molecule has 0 aliphatic carbocycles. The first kappa shape index (κ1) is 30.0. The van der Waals surface area contributed by atoms with Crippen LogP contribution in [0.1, 0.15) is 30.1 Å². The highest BCUT2D eigenvalue weighted by Gasteiger charge is 2.28. The maximum Gasteiger partial charge on any atom is 0.211 e. The first-order valence-electron chi connectivity index (χ1n) is 13.9. The van der Waals surface area contributed by atoms with Gasteiger partial charge in [-0.05, 0) is 12.2 Å². The number of ketones is 1. The minimum atomic E-state index is -0.913. The molecule has 3 heteroatoms. The van der Waals surface area contributed by atoms with Crippen LogP contribution >= 0.6 is 0 Å². The van der Waals surface area contributed by atoms with E-state index in [0.29, 0.717) is 5.75 Å². The van der Waals surface area contributed by atoms with Crippen molar-refractivity contribution in [3.05, 3.63) is 152 Å². The van der Waals surface area contributed by atoms with Gasteiger partial charge in [0.15, 0.2) is 5.75 Å². The lowest BCUT2D eigenvalue weighted by Gasteiger charge is -2.43. The second-order valence-electron chi connectivity index (χ2n) is 9.88. The zero-order chi connectivity index (χ0) is 27.8. The van der Waals surface area contributed by atoms with Gasteiger partial charge in [-0.15, -0.1) is 0 Å². The Morgan fingerprint density at radius 2 is 1.05 bits per heavy atom. The van der Waals surface area contributed by atoms with Crippen LogP contribution in [0.3, 0.4) is 0 Å². The Bertz CT molecular complexity index is 1150. The predicted molar refractivity (Wildman–Crippen MR) is 177 cm³/mol. The summed E-state index contributed by atoms with van der Waals surface area (Å²) in [6.45, 7) is 9.73. The summed E-state index contributed by atoms with van der Waals surface area (Å²) in [5.74, 6) is 2.60. The van der Waals surface area contributed by atoms with Crippen molar-refractivity contribution in [1.29, 1.82) is 0 Å². The molecule has 0 N–H and O–H groups in total. The molecule has 0 aliphatic rings. The number of carbonyl (C=O) groups excluding carboxylic acids is 1. The van der Waals surface area contributed by atoms with Crippen molar-refractivity contribution >= 4 is 39.2 Å². The van der Waals surface area contributed by atoms with Crippen LogP contribution in [0, 0.1) is 0 Å². The molecule has 0 atom stereocenters. The van der Waals surface area contributed by atoms with Gasteiger partial charge in [-0.25, -0.2) is 0 Å². The van der Waals surface area contributed by atoms with Gasteiger partial charge in [-0.2, -0.15) is 22.7 Å². The van der Waals surface area contributed by atoms with E-state index in [1.165, 1.54) is 35.6 Å². The lowest BCUT2D eigenvalue weighted by atomic mass is 9.14. The van der Waals surface area contributed by atoms with Crippen molar-refractivity contribution in [3.8, 4) is 0 Å². The van der Waals surface area contributed by atoms with Gasteiger partial charge in [0.25, 0.3) is 0 Å². The fraction of sp³-hybridized carbons (Fsp3) is 0.194. The van der Waals surface area contributed by atoms with Crippen LogP contribution in [0.5, 0.6) is 0 Å². The molecule has 0 unspecified atom stereocenters. The van der Waals surface area contributed by atoms with Gasteiger partial charge in [0, 0.05) is 16.5 Å². The standard InChI is InChI=1S/C22H24B.C14H17OS/c1-2-3-19-23(20-13-7-4-8-14-20,21-15-9-5-10-16-21)22-17-11-6-12-18-22;1-3-10-16(11-4-2)12-14(15)13-8-6-5-7-9-13/h4-18H,2-3,19H2,1H3;3-9H,1-2,10-12H2/q-1;+1. The Morgan fingerprint density at radius 3 is 1.41 bits per heavy atom. The van der Waals surface area contributed by atoms with Crippen LogP contribution in [0.4, 0.5) is 0 Å². The molecule has 200 valence electrons. The molecular weight excluding hydrogens is 491 g/mol. The van der Waals surface area contributed by atoms with Gasteiger partial charge in [-0.3, -0.25) is 4.79 Å². The third-order valence-electron chi connectivity index (χ3n) is 7.23. The Labute approximate surface area is 239 Å². The Morgan fingerprint density at radius 1 is 0.667 bits per heavy atom. The molecule has 1 nitrogen and oxygen atoms in total. The van der Waals surface area contributed by atoms with Crippen molar-refractivity contribution in [2.75, 3.05) is 17.3 Å². The molecule has 0 spiro atoms. The van der Waals surface area contributed by atoms with Gasteiger partial charge in [0.2, 0.25) is 5.78 Å². The van der Waals surface area contributed by atoms with Crippen LogP contribution in [-0.4, -0.2) is 29.2 Å². The SMILES string of the molecule is C=CC[S+](CC=C)CC(=O)c1ccccc1.CCCC[B-](c1ccccc1)(c1ccccc1)c1ccccc1. The number of Topliss-reactive ketones (excluding diaryl/α,β-unsaturated/α-hetero) is 1. The first-order chi connectivity index (χ1) is 19.2. The minimum absolute atomic E-state index is 0.0593. The first-order valence-corrected chi connectivity index (χ1v) is 15.7. The van der Waals surface area contributed by atoms with E-state index in [4.69, 9.17) is 0 Å². The average Bonchev–Trinajstić information content (AvgIpc) is 3.00. The summed E-state index contributed by atoms with van der Waals surface area (Å²) in [5.41, 5.74) is 5.13. The van der Waals surface area contributed by atoms with E-state index in [1.807, 2.05) is 42.5 Å². The molecule has 0 heterocycles. The summed E-state index contributed by atoms with van der Waals surface area (Å²) in [6, 6.07) is 42.6. The quantitative estimate of drug-likeness (QED) is 0.0800. The summed E-state index contributed by atoms with van der Waals surface area (Å²) in [6.07, 6.45) is 6.49. The summed E-state index contributed by atoms with van der Waals surface area (Å²) < 4.78 is 0. The van der Waals surface area contributed by atoms with E-state index >= 15 is 0 Å². The van der Waals surface area contributed by atoms with Crippen LogP contribution < -0.4 is 16.4 Å². The maximum atomic E-state index is 11.9. The minimum Gasteiger partial charge on any atom is -0.289 e. The van der Waals surface area contributed by atoms with E-state index in [-0.39, 0.29) is 16.7 Å². The summed E-state index contributed by atoms with van der Waals surface area (Å²) >= 11 is 0. The molecule has 39 heavy (non-hydrogen) atoms. The molecule has 4 rings (SSSR count). The largest absolute Gasteiger partial charge is 0.289 e. The van der Waals surface area contributed by atoms with E-state index < -0.39 is 6.15 Å². The van der Waals surface area contributed by atoms with E-state index in [2.05, 4.69) is 111 Å². The van der Waals surface area contributed by atoms with Crippen molar-refractivity contribution in [1.82, 2.24) is 0 Å². The molecule has 4 aromatic rings. The normalized spacial score (nSPS) is 10.8. The Hall–Kier alpha value is -3.56. The maximum absolute atomic E-state index is 11.9. The highest BCUT2D eigenvalue weighted by atomic mass is 32.2. The van der Waals surface area contributed by atoms with E-state index in [9.17, 15) is 4.79 Å². The number of benzene rings is 4. The molecular formula is C36H41BOS. The third-order valence-corrected chi connectivity index (χ3v) is 9.32. The van der Waals surface area contributed by atoms with Crippen molar-refractivity contribution in [2.24, 2.45) is 0 Å². The summed E-state index contributed by atoms with van der Waals surface area (Å²) in [4.78, 5) is 11.9. The van der Waals surface area contributed by atoms with Gasteiger partial charge < -0.3 is 0 Å². The second kappa shape index (κ2) is 16.4. The zero-order valence-electron chi connectivity index (χ0n) is 23.3. The number of carbonyl (C=O) groups is 1. The molecule has 0 aliphatic heterocycles. The highest BCUT2D eigenvalue weighted by Crippen LogP contribution is 2.16. The Kier molecular flexibility index (Phi) is 12.6. The molecule has 0 amide bonds. The van der Waals surface area contributed by atoms with E-state index in [1.54, 1.807) is 0 Å². The number of unbranched alkanes of at least 4 members (excludes halogenated alkanes) is 1. The molecule has 0 aromatic heterocycles. The predicted octanol–water partition coefficient (Wildman–Crippen LogP) is 6.82. The van der Waals surface area contributed by atoms with Crippen molar-refractivity contribution in [2.45, 2.75) is 26.1 Å². The smallest absolute Gasteiger partial charge is 0.211 e. The molecule has 0 fully saturated rings. The number of hydrogen-bond donors (Lipinski definition) is 0. The third kappa shape index (κ3) is 8.47. The van der Waals surface area contributed by atoms with Crippen LogP contribution in [0.25, 0.3) is 0 Å². The van der Waals surface area contributed by atoms with Crippen molar-refractivity contribution < 1.29 is 4.79 Å². The molecule has 4 aromatic carbocycles. The second-order valence-corrected chi connectivity index (χ2v) is 12.1. The molecule has 0 bridgehead atoms. The number of hydrogen-bond acceptors (Lipinski definition) is 1. The van der Waals surface area contributed by atoms with Gasteiger partial charge in [0.05, 0.1) is 6.15 Å². The zero-order valence-corrected chi connectivity index (χ0v) is 24.1. The summed E-state index contributed by atoms with van der Waals surface area (Å²) in [7, 11) is 0.0593. The topological polar surface area (TPSA) is 17.1 Å². The summed E-state index contributed by atoms with van der Waals surface area (Å²) in [5, 5.41) is 0. The van der Waals surface area contributed by atoms with Crippen LogP contribution in [-0.2, 0) is 10.9 Å². The van der Waals surface area contributed by atoms with Gasteiger partial charge >= 0.3 is 0 Å².